The lowest BCUT2D eigenvalue weighted by atomic mass is 10.0. The summed E-state index contributed by atoms with van der Waals surface area (Å²) in [5.74, 6) is -0.730. The van der Waals surface area contributed by atoms with E-state index in [0.29, 0.717) is 34.5 Å². The molecule has 1 aliphatic heterocycles. The summed E-state index contributed by atoms with van der Waals surface area (Å²) in [5.41, 5.74) is 10.2. The van der Waals surface area contributed by atoms with E-state index in [9.17, 15) is 14.7 Å². The number of hydrogen-bond acceptors (Lipinski definition) is 5. The van der Waals surface area contributed by atoms with E-state index in [-0.39, 0.29) is 11.8 Å². The molecule has 3 N–H and O–H groups in total. The zero-order valence-electron chi connectivity index (χ0n) is 16.9. The lowest BCUT2D eigenvalue weighted by Gasteiger charge is -2.21. The average Bonchev–Trinajstić information content (AvgIpc) is 3.03. The molecule has 2 amide bonds. The second-order valence-corrected chi connectivity index (χ2v) is 7.34. The number of hydrogen-bond donors (Lipinski definition) is 2. The molecule has 0 fully saturated rings. The van der Waals surface area contributed by atoms with Gasteiger partial charge in [0.15, 0.2) is 0 Å². The Morgan fingerprint density at radius 2 is 1.47 bits per heavy atom. The molecule has 0 unspecified atom stereocenters. The maximum atomic E-state index is 12.9. The number of aliphatic hydroxyl groups is 1. The largest absolute Gasteiger partial charge is 0.399 e. The number of aliphatic hydroxyl groups excluding tert-OH is 1. The first-order chi connectivity index (χ1) is 14.4. The summed E-state index contributed by atoms with van der Waals surface area (Å²) in [6.07, 6.45) is -0.122. The summed E-state index contributed by atoms with van der Waals surface area (Å²) < 4.78 is 0. The van der Waals surface area contributed by atoms with Crippen molar-refractivity contribution < 1.29 is 14.7 Å². The molecule has 1 atom stereocenters. The lowest BCUT2D eigenvalue weighted by molar-refractivity contribution is 0.0926. The molecule has 1 aliphatic rings. The Morgan fingerprint density at radius 3 is 2.07 bits per heavy atom. The SMILES string of the molecule is CC[C@H](O)c1ccc2c(c1)C(=O)N(c1ccc(N(C)c3ccc(N)cc3)cc1)C2=O. The number of amides is 2. The fourth-order valence-corrected chi connectivity index (χ4v) is 3.61. The molecule has 3 aromatic rings. The number of carbonyl (C=O) groups excluding carboxylic acids is 2. The topological polar surface area (TPSA) is 86.9 Å². The molecule has 0 radical (unpaired) electrons. The Hall–Kier alpha value is -3.64. The minimum absolute atomic E-state index is 0.327. The Kier molecular flexibility index (Phi) is 5.01. The number of anilines is 4. The molecule has 0 saturated carbocycles. The second-order valence-electron chi connectivity index (χ2n) is 7.34. The number of fused-ring (bicyclic) bond motifs is 1. The van der Waals surface area contributed by atoms with Crippen molar-refractivity contribution in [1.82, 2.24) is 0 Å². The molecule has 3 aromatic carbocycles. The van der Waals surface area contributed by atoms with E-state index in [0.717, 1.165) is 11.4 Å². The van der Waals surface area contributed by atoms with Crippen LogP contribution in [0.3, 0.4) is 0 Å². The molecule has 1 heterocycles. The Balaban J connectivity index is 1.60. The van der Waals surface area contributed by atoms with Gasteiger partial charge in [0.2, 0.25) is 0 Å². The minimum atomic E-state index is -0.657. The summed E-state index contributed by atoms with van der Waals surface area (Å²) in [7, 11) is 1.93. The molecular weight excluding hydrogens is 378 g/mol. The molecule has 6 heteroatoms. The number of benzene rings is 3. The number of rotatable bonds is 5. The number of nitrogens with two attached hydrogens (primary N) is 1. The molecule has 0 aliphatic carbocycles. The van der Waals surface area contributed by atoms with Gasteiger partial charge in [-0.3, -0.25) is 9.59 Å². The first-order valence-corrected chi connectivity index (χ1v) is 9.81. The third-order valence-corrected chi connectivity index (χ3v) is 5.46. The summed E-state index contributed by atoms with van der Waals surface area (Å²) in [6.45, 7) is 1.86. The van der Waals surface area contributed by atoms with Gasteiger partial charge in [0.1, 0.15) is 0 Å². The molecule has 152 valence electrons. The first-order valence-electron chi connectivity index (χ1n) is 9.81. The van der Waals surface area contributed by atoms with Crippen LogP contribution < -0.4 is 15.5 Å². The van der Waals surface area contributed by atoms with Crippen LogP contribution in [0.2, 0.25) is 0 Å². The van der Waals surface area contributed by atoms with Crippen molar-refractivity contribution in [3.63, 3.8) is 0 Å². The highest BCUT2D eigenvalue weighted by Gasteiger charge is 2.37. The van der Waals surface area contributed by atoms with Crippen LogP contribution in [0, 0.1) is 0 Å². The van der Waals surface area contributed by atoms with Gasteiger partial charge >= 0.3 is 0 Å². The van der Waals surface area contributed by atoms with Gasteiger partial charge in [0, 0.05) is 24.1 Å². The normalized spacial score (nSPS) is 14.0. The van der Waals surface area contributed by atoms with E-state index in [2.05, 4.69) is 0 Å². The molecule has 0 aromatic heterocycles. The maximum absolute atomic E-state index is 12.9. The van der Waals surface area contributed by atoms with Crippen LogP contribution >= 0.6 is 0 Å². The van der Waals surface area contributed by atoms with Crippen LogP contribution in [0.4, 0.5) is 22.7 Å². The van der Waals surface area contributed by atoms with Gasteiger partial charge in [-0.15, -0.1) is 0 Å². The molecule has 0 bridgehead atoms. The summed E-state index contributed by atoms with van der Waals surface area (Å²) in [4.78, 5) is 29.0. The van der Waals surface area contributed by atoms with E-state index < -0.39 is 6.10 Å². The third kappa shape index (κ3) is 3.31. The van der Waals surface area contributed by atoms with Crippen LogP contribution in [-0.2, 0) is 0 Å². The monoisotopic (exact) mass is 401 g/mol. The highest BCUT2D eigenvalue weighted by Crippen LogP contribution is 2.32. The smallest absolute Gasteiger partial charge is 0.266 e. The van der Waals surface area contributed by atoms with Crippen molar-refractivity contribution in [3.05, 3.63) is 83.4 Å². The molecule has 4 rings (SSSR count). The minimum Gasteiger partial charge on any atom is -0.399 e. The quantitative estimate of drug-likeness (QED) is 0.492. The Morgan fingerprint density at radius 1 is 0.900 bits per heavy atom. The van der Waals surface area contributed by atoms with Crippen LogP contribution in [0.1, 0.15) is 45.7 Å². The van der Waals surface area contributed by atoms with E-state index in [4.69, 9.17) is 5.73 Å². The van der Waals surface area contributed by atoms with Crippen LogP contribution in [-0.4, -0.2) is 24.0 Å². The van der Waals surface area contributed by atoms with Crippen LogP contribution in [0.25, 0.3) is 0 Å². The molecule has 30 heavy (non-hydrogen) atoms. The zero-order chi connectivity index (χ0) is 21.4. The summed E-state index contributed by atoms with van der Waals surface area (Å²) in [6, 6.07) is 19.7. The van der Waals surface area contributed by atoms with E-state index >= 15 is 0 Å². The van der Waals surface area contributed by atoms with Gasteiger partial charge in [-0.1, -0.05) is 13.0 Å². The predicted octanol–water partition coefficient (Wildman–Crippen LogP) is 4.28. The summed E-state index contributed by atoms with van der Waals surface area (Å²) >= 11 is 0. The predicted molar refractivity (Wildman–Crippen MR) is 118 cm³/mol. The van der Waals surface area contributed by atoms with Gasteiger partial charge in [-0.05, 0) is 72.6 Å². The number of carbonyl (C=O) groups is 2. The fourth-order valence-electron chi connectivity index (χ4n) is 3.61. The number of imide groups is 1. The first kappa shape index (κ1) is 19.7. The third-order valence-electron chi connectivity index (χ3n) is 5.46. The van der Waals surface area contributed by atoms with E-state index in [1.165, 1.54) is 4.90 Å². The van der Waals surface area contributed by atoms with E-state index in [1.807, 2.05) is 55.3 Å². The standard InChI is InChI=1S/C24H23N3O3/c1-3-22(28)15-4-13-20-21(14-15)24(30)27(23(20)29)19-11-9-18(10-12-19)26(2)17-7-5-16(25)6-8-17/h4-14,22,28H,3,25H2,1-2H3/t22-/m0/s1. The molecular formula is C24H23N3O3. The second kappa shape index (κ2) is 7.65. The zero-order valence-corrected chi connectivity index (χ0v) is 16.9. The van der Waals surface area contributed by atoms with Gasteiger partial charge in [-0.25, -0.2) is 4.90 Å². The van der Waals surface area contributed by atoms with Gasteiger partial charge in [-0.2, -0.15) is 0 Å². The number of nitrogen functional groups attached to an aromatic ring is 1. The van der Waals surface area contributed by atoms with Crippen LogP contribution in [0.5, 0.6) is 0 Å². The van der Waals surface area contributed by atoms with Crippen molar-refractivity contribution in [2.75, 3.05) is 22.6 Å². The molecule has 0 spiro atoms. The highest BCUT2D eigenvalue weighted by molar-refractivity contribution is 6.34. The highest BCUT2D eigenvalue weighted by atomic mass is 16.3. The number of nitrogens with zero attached hydrogens (tertiary/aromatic N) is 2. The Labute approximate surface area is 175 Å². The van der Waals surface area contributed by atoms with Gasteiger partial charge in [0.25, 0.3) is 11.8 Å². The van der Waals surface area contributed by atoms with Gasteiger partial charge < -0.3 is 15.7 Å². The average molecular weight is 401 g/mol. The summed E-state index contributed by atoms with van der Waals surface area (Å²) in [5, 5.41) is 10.1. The fraction of sp³-hybridized carbons (Fsp3) is 0.167. The maximum Gasteiger partial charge on any atom is 0.266 e. The lowest BCUT2D eigenvalue weighted by Crippen LogP contribution is -2.29. The van der Waals surface area contributed by atoms with E-state index in [1.54, 1.807) is 30.3 Å². The van der Waals surface area contributed by atoms with Gasteiger partial charge in [0.05, 0.1) is 22.9 Å². The molecule has 6 nitrogen and oxygen atoms in total. The van der Waals surface area contributed by atoms with Crippen molar-refractivity contribution in [2.24, 2.45) is 0 Å². The van der Waals surface area contributed by atoms with Crippen molar-refractivity contribution >= 4 is 34.6 Å². The molecule has 0 saturated heterocycles. The van der Waals surface area contributed by atoms with Crippen molar-refractivity contribution in [3.8, 4) is 0 Å². The van der Waals surface area contributed by atoms with Crippen molar-refractivity contribution in [2.45, 2.75) is 19.4 Å². The van der Waals surface area contributed by atoms with Crippen molar-refractivity contribution in [1.29, 1.82) is 0 Å². The Bertz CT molecular complexity index is 1110. The van der Waals surface area contributed by atoms with Crippen LogP contribution in [0.15, 0.2) is 66.7 Å².